The fraction of sp³-hybridized carbons (Fsp3) is 0.889. The van der Waals surface area contributed by atoms with E-state index < -0.39 is 0 Å². The molecule has 1 aliphatic heterocycles. The first-order chi connectivity index (χ1) is 5.70. The Bertz CT molecular complexity index is 201. The second-order valence-corrected chi connectivity index (χ2v) is 3.94. The highest BCUT2D eigenvalue weighted by Crippen LogP contribution is 2.37. The van der Waals surface area contributed by atoms with Gasteiger partial charge < -0.3 is 10.0 Å². The summed E-state index contributed by atoms with van der Waals surface area (Å²) in [7, 11) is 1.80. The van der Waals surface area contributed by atoms with E-state index in [0.717, 1.165) is 19.3 Å². The normalized spacial score (nSPS) is 32.7. The van der Waals surface area contributed by atoms with Crippen molar-refractivity contribution in [1.29, 1.82) is 0 Å². The molecule has 2 rings (SSSR count). The fourth-order valence-corrected chi connectivity index (χ4v) is 1.98. The van der Waals surface area contributed by atoms with E-state index in [1.807, 2.05) is 0 Å². The van der Waals surface area contributed by atoms with Gasteiger partial charge in [-0.25, -0.2) is 0 Å². The van der Waals surface area contributed by atoms with Gasteiger partial charge in [-0.3, -0.25) is 4.79 Å². The van der Waals surface area contributed by atoms with Crippen LogP contribution in [0.15, 0.2) is 0 Å². The third-order valence-corrected chi connectivity index (χ3v) is 3.04. The van der Waals surface area contributed by atoms with E-state index in [4.69, 9.17) is 0 Å². The number of aliphatic hydroxyl groups excluding tert-OH is 1. The van der Waals surface area contributed by atoms with Crippen LogP contribution in [0.2, 0.25) is 0 Å². The van der Waals surface area contributed by atoms with Gasteiger partial charge in [-0.15, -0.1) is 0 Å². The highest BCUT2D eigenvalue weighted by molar-refractivity contribution is 5.78. The Morgan fingerprint density at radius 3 is 2.58 bits per heavy atom. The summed E-state index contributed by atoms with van der Waals surface area (Å²) in [6.07, 6.45) is 3.47. The number of hydrogen-bond acceptors (Lipinski definition) is 2. The number of nitrogens with zero attached hydrogens (tertiary/aromatic N) is 1. The van der Waals surface area contributed by atoms with Gasteiger partial charge in [0.15, 0.2) is 0 Å². The Balaban J connectivity index is 1.98. The van der Waals surface area contributed by atoms with E-state index in [1.165, 1.54) is 0 Å². The van der Waals surface area contributed by atoms with Crippen LogP contribution in [0.1, 0.15) is 25.7 Å². The summed E-state index contributed by atoms with van der Waals surface area (Å²) < 4.78 is 0. The summed E-state index contributed by atoms with van der Waals surface area (Å²) in [6, 6.07) is 0.102. The maximum atomic E-state index is 11.1. The minimum Gasteiger partial charge on any atom is -0.391 e. The topological polar surface area (TPSA) is 40.5 Å². The predicted molar refractivity (Wildman–Crippen MR) is 44.5 cm³/mol. The van der Waals surface area contributed by atoms with E-state index in [9.17, 15) is 9.90 Å². The van der Waals surface area contributed by atoms with Crippen LogP contribution in [0.3, 0.4) is 0 Å². The first-order valence-electron chi connectivity index (χ1n) is 4.64. The van der Waals surface area contributed by atoms with E-state index >= 15 is 0 Å². The maximum Gasteiger partial charge on any atom is 0.222 e. The Labute approximate surface area is 72.4 Å². The first-order valence-corrected chi connectivity index (χ1v) is 4.64. The van der Waals surface area contributed by atoms with Gasteiger partial charge in [-0.1, -0.05) is 0 Å². The molecule has 2 fully saturated rings. The summed E-state index contributed by atoms with van der Waals surface area (Å²) >= 11 is 0. The van der Waals surface area contributed by atoms with Crippen molar-refractivity contribution >= 4 is 5.91 Å². The number of likely N-dealkylation sites (N-methyl/N-ethyl adjacent to an activating group) is 1. The van der Waals surface area contributed by atoms with Gasteiger partial charge in [-0.05, 0) is 25.2 Å². The highest BCUT2D eigenvalue weighted by Gasteiger charge is 2.40. The first kappa shape index (κ1) is 8.05. The lowest BCUT2D eigenvalue weighted by Gasteiger charge is -2.24. The quantitative estimate of drug-likeness (QED) is 0.649. The summed E-state index contributed by atoms with van der Waals surface area (Å²) in [5.74, 6) is 0.656. The smallest absolute Gasteiger partial charge is 0.222 e. The molecule has 0 spiro atoms. The molecule has 1 aliphatic carbocycles. The molecule has 3 heteroatoms. The van der Waals surface area contributed by atoms with Crippen LogP contribution >= 0.6 is 0 Å². The van der Waals surface area contributed by atoms with Gasteiger partial charge in [0, 0.05) is 13.5 Å². The number of carbonyl (C=O) groups is 1. The van der Waals surface area contributed by atoms with Crippen molar-refractivity contribution in [3.63, 3.8) is 0 Å². The Kier molecular flexibility index (Phi) is 1.83. The van der Waals surface area contributed by atoms with Crippen LogP contribution in [0, 0.1) is 5.92 Å². The van der Waals surface area contributed by atoms with Crippen LogP contribution in [0.5, 0.6) is 0 Å². The monoisotopic (exact) mass is 169 g/mol. The molecule has 12 heavy (non-hydrogen) atoms. The van der Waals surface area contributed by atoms with Gasteiger partial charge >= 0.3 is 0 Å². The largest absolute Gasteiger partial charge is 0.391 e. The molecule has 1 amide bonds. The Hall–Kier alpha value is -0.570. The van der Waals surface area contributed by atoms with Crippen LogP contribution in [0.4, 0.5) is 0 Å². The minimum absolute atomic E-state index is 0.102. The minimum atomic E-state index is -0.263. The van der Waals surface area contributed by atoms with Gasteiger partial charge in [0.2, 0.25) is 5.91 Å². The number of rotatable bonds is 2. The van der Waals surface area contributed by atoms with Crippen LogP contribution in [-0.2, 0) is 4.79 Å². The lowest BCUT2D eigenvalue weighted by Crippen LogP contribution is -2.39. The van der Waals surface area contributed by atoms with E-state index in [0.29, 0.717) is 12.3 Å². The molecular formula is C9H15NO2. The molecule has 2 aliphatic rings. The van der Waals surface area contributed by atoms with Crippen LogP contribution < -0.4 is 0 Å². The third-order valence-electron chi connectivity index (χ3n) is 3.04. The number of hydrogen-bond donors (Lipinski definition) is 1. The molecular weight excluding hydrogens is 154 g/mol. The van der Waals surface area contributed by atoms with Crippen LogP contribution in [0.25, 0.3) is 0 Å². The number of carbonyl (C=O) groups excluding carboxylic acids is 1. The van der Waals surface area contributed by atoms with Crippen molar-refractivity contribution in [2.45, 2.75) is 37.8 Å². The molecule has 2 atom stereocenters. The summed E-state index contributed by atoms with van der Waals surface area (Å²) in [5.41, 5.74) is 0. The number of amides is 1. The summed E-state index contributed by atoms with van der Waals surface area (Å²) in [4.78, 5) is 12.9. The summed E-state index contributed by atoms with van der Waals surface area (Å²) in [5, 5.41) is 9.78. The van der Waals surface area contributed by atoms with E-state index in [1.54, 1.807) is 11.9 Å². The second kappa shape index (κ2) is 2.73. The van der Waals surface area contributed by atoms with Gasteiger partial charge in [-0.2, -0.15) is 0 Å². The molecule has 1 heterocycles. The zero-order valence-electron chi connectivity index (χ0n) is 7.36. The average molecular weight is 169 g/mol. The number of aliphatic hydroxyl groups is 1. The molecule has 3 nitrogen and oxygen atoms in total. The van der Waals surface area contributed by atoms with Crippen molar-refractivity contribution in [3.05, 3.63) is 0 Å². The predicted octanol–water partition coefficient (Wildman–Crippen LogP) is 0.378. The van der Waals surface area contributed by atoms with Gasteiger partial charge in [0.05, 0.1) is 12.1 Å². The molecule has 0 aromatic rings. The van der Waals surface area contributed by atoms with Crippen molar-refractivity contribution < 1.29 is 9.90 Å². The molecule has 2 unspecified atom stereocenters. The molecule has 1 N–H and O–H groups in total. The standard InChI is InChI=1S/C9H15NO2/c1-10-7(4-5-8(10)11)9(12)6-2-3-6/h6-7,9,12H,2-5H2,1H3. The van der Waals surface area contributed by atoms with Crippen molar-refractivity contribution in [1.82, 2.24) is 4.90 Å². The average Bonchev–Trinajstić information content (AvgIpc) is 2.82. The van der Waals surface area contributed by atoms with E-state index in [-0.39, 0.29) is 18.1 Å². The zero-order valence-corrected chi connectivity index (χ0v) is 7.36. The SMILES string of the molecule is CN1C(=O)CCC1C(O)C1CC1. The molecule has 1 saturated carbocycles. The lowest BCUT2D eigenvalue weighted by atomic mass is 10.0. The molecule has 1 saturated heterocycles. The zero-order chi connectivity index (χ0) is 8.72. The Morgan fingerprint density at radius 1 is 1.50 bits per heavy atom. The van der Waals surface area contributed by atoms with Gasteiger partial charge in [0.1, 0.15) is 0 Å². The second-order valence-electron chi connectivity index (χ2n) is 3.94. The molecule has 68 valence electrons. The summed E-state index contributed by atoms with van der Waals surface area (Å²) in [6.45, 7) is 0. The molecule has 0 radical (unpaired) electrons. The molecule has 0 aromatic carbocycles. The van der Waals surface area contributed by atoms with E-state index in [2.05, 4.69) is 0 Å². The molecule has 0 bridgehead atoms. The number of likely N-dealkylation sites (tertiary alicyclic amines) is 1. The third kappa shape index (κ3) is 1.22. The van der Waals surface area contributed by atoms with Crippen molar-refractivity contribution in [2.24, 2.45) is 5.92 Å². The van der Waals surface area contributed by atoms with Crippen LogP contribution in [-0.4, -0.2) is 35.1 Å². The van der Waals surface area contributed by atoms with Crippen molar-refractivity contribution in [2.75, 3.05) is 7.05 Å². The van der Waals surface area contributed by atoms with Crippen molar-refractivity contribution in [3.8, 4) is 0 Å². The highest BCUT2D eigenvalue weighted by atomic mass is 16.3. The lowest BCUT2D eigenvalue weighted by molar-refractivity contribution is -0.129. The maximum absolute atomic E-state index is 11.1. The fourth-order valence-electron chi connectivity index (χ4n) is 1.98. The van der Waals surface area contributed by atoms with Gasteiger partial charge in [0.25, 0.3) is 0 Å². The Morgan fingerprint density at radius 2 is 2.17 bits per heavy atom. The molecule has 0 aromatic heterocycles.